The van der Waals surface area contributed by atoms with E-state index in [-0.39, 0.29) is 36.8 Å². The van der Waals surface area contributed by atoms with Gasteiger partial charge in [0.15, 0.2) is 0 Å². The summed E-state index contributed by atoms with van der Waals surface area (Å²) in [6.07, 6.45) is 0.824. The molecule has 0 aliphatic carbocycles. The lowest BCUT2D eigenvalue weighted by Crippen LogP contribution is -2.45. The van der Waals surface area contributed by atoms with Crippen molar-refractivity contribution in [3.05, 3.63) is 21.7 Å². The molecule has 2 saturated heterocycles. The largest absolute Gasteiger partial charge is 0.458 e. The van der Waals surface area contributed by atoms with Crippen molar-refractivity contribution < 1.29 is 34.1 Å². The normalized spacial score (nSPS) is 32.8. The Morgan fingerprint density at radius 2 is 1.95 bits per heavy atom. The summed E-state index contributed by atoms with van der Waals surface area (Å²) in [5, 5.41) is 24.7. The number of carbonyl (C=O) groups excluding carboxylic acids is 3. The molecule has 2 N–H and O–H groups in total. The fraction of sp³-hybridized carbons (Fsp3) is 0.724. The van der Waals surface area contributed by atoms with Crippen LogP contribution in [0.3, 0.4) is 0 Å². The third kappa shape index (κ3) is 7.46. The quantitative estimate of drug-likeness (QED) is 0.405. The molecule has 0 bridgehead atoms. The van der Waals surface area contributed by atoms with Gasteiger partial charge in [0, 0.05) is 17.7 Å². The second kappa shape index (κ2) is 12.9. The highest BCUT2D eigenvalue weighted by atomic mass is 32.1. The van der Waals surface area contributed by atoms with E-state index in [1.54, 1.807) is 32.6 Å². The Morgan fingerprint density at radius 3 is 2.56 bits per heavy atom. The number of aromatic nitrogens is 1. The molecule has 2 aliphatic heterocycles. The monoisotopic (exact) mass is 564 g/mol. The topological polar surface area (TPSA) is 126 Å². The van der Waals surface area contributed by atoms with Crippen LogP contribution in [-0.2, 0) is 19.1 Å². The number of hydrogen-bond donors (Lipinski definition) is 2. The lowest BCUT2D eigenvalue weighted by molar-refractivity contribution is -0.154. The Kier molecular flexibility index (Phi) is 10.3. The van der Waals surface area contributed by atoms with Gasteiger partial charge in [-0.2, -0.15) is 0 Å². The summed E-state index contributed by atoms with van der Waals surface area (Å²) < 4.78 is 11.2. The number of aryl methyl sites for hydroxylation is 1. The number of fused-ring (bicyclic) bond motifs is 1. The Hall–Kier alpha value is -2.30. The lowest BCUT2D eigenvalue weighted by Gasteiger charge is -2.34. The average Bonchev–Trinajstić information content (AvgIpc) is 3.39. The summed E-state index contributed by atoms with van der Waals surface area (Å²) in [6, 6.07) is -0.238. The molecular weight excluding hydrogens is 520 g/mol. The molecule has 0 radical (unpaired) electrons. The van der Waals surface area contributed by atoms with Gasteiger partial charge >= 0.3 is 12.1 Å². The van der Waals surface area contributed by atoms with E-state index < -0.39 is 41.7 Å². The number of thiazole rings is 1. The van der Waals surface area contributed by atoms with Crippen LogP contribution in [0.1, 0.15) is 84.3 Å². The molecule has 3 rings (SSSR count). The maximum Gasteiger partial charge on any atom is 0.410 e. The fourth-order valence-electron chi connectivity index (χ4n) is 5.56. The first-order chi connectivity index (χ1) is 18.3. The van der Waals surface area contributed by atoms with E-state index in [1.807, 2.05) is 32.2 Å². The van der Waals surface area contributed by atoms with Crippen LogP contribution >= 0.6 is 11.3 Å². The van der Waals surface area contributed by atoms with Crippen molar-refractivity contribution in [3.8, 4) is 0 Å². The molecule has 0 unspecified atom stereocenters. The molecular formula is C29H44N2O7S. The van der Waals surface area contributed by atoms with Crippen LogP contribution in [-0.4, -0.2) is 74.9 Å². The SMILES string of the molecule is CCOC(=O)N1[C@H]2CCC[C@@H](C)[C@@H](O)[C@H](C)C(=O)C(C)(C)[C@H](O)CC(=O)O[C@@H](C(C)=Cc3csc(C)n3)C[C@@H]21. The van der Waals surface area contributed by atoms with E-state index in [0.717, 1.165) is 22.7 Å². The van der Waals surface area contributed by atoms with E-state index >= 15 is 0 Å². The van der Waals surface area contributed by atoms with Crippen LogP contribution < -0.4 is 0 Å². The van der Waals surface area contributed by atoms with Crippen molar-refractivity contribution in [1.29, 1.82) is 0 Å². The molecule has 1 aromatic rings. The molecule has 7 atom stereocenters. The number of nitrogens with zero attached hydrogens (tertiary/aromatic N) is 2. The number of amides is 1. The van der Waals surface area contributed by atoms with Gasteiger partial charge in [0.25, 0.3) is 0 Å². The van der Waals surface area contributed by atoms with Crippen molar-refractivity contribution >= 4 is 35.3 Å². The zero-order valence-electron chi connectivity index (χ0n) is 24.2. The van der Waals surface area contributed by atoms with E-state index in [9.17, 15) is 24.6 Å². The van der Waals surface area contributed by atoms with Gasteiger partial charge in [0.2, 0.25) is 0 Å². The summed E-state index contributed by atoms with van der Waals surface area (Å²) in [5.74, 6) is -1.79. The first kappa shape index (κ1) is 31.2. The van der Waals surface area contributed by atoms with Gasteiger partial charge in [-0.3, -0.25) is 14.5 Å². The van der Waals surface area contributed by atoms with Crippen molar-refractivity contribution in [2.75, 3.05) is 6.61 Å². The van der Waals surface area contributed by atoms with Gasteiger partial charge in [0.05, 0.1) is 53.4 Å². The van der Waals surface area contributed by atoms with E-state index in [1.165, 1.54) is 11.3 Å². The number of aliphatic hydroxyl groups is 2. The second-order valence-electron chi connectivity index (χ2n) is 11.6. The van der Waals surface area contributed by atoms with Gasteiger partial charge in [-0.25, -0.2) is 9.78 Å². The molecule has 218 valence electrons. The minimum absolute atomic E-state index is 0.0691. The minimum atomic E-state index is -1.29. The van der Waals surface area contributed by atoms with E-state index in [4.69, 9.17) is 9.47 Å². The number of rotatable bonds is 3. The standard InChI is InChI=1S/C29H44N2O7S/c1-8-37-28(36)31-21-11-9-10-16(2)26(34)18(4)27(35)29(6,7)24(32)14-25(33)38-23(13-22(21)31)17(3)12-20-15-39-19(5)30-20/h12,15-16,18,21-24,26,32,34H,8-11,13-14H2,1-7H3/t16-,18+,21+,22+,23-,24-,26-,31?/m1/s1. The van der Waals surface area contributed by atoms with Crippen LogP contribution in [0.2, 0.25) is 0 Å². The Morgan fingerprint density at radius 1 is 1.26 bits per heavy atom. The van der Waals surface area contributed by atoms with Gasteiger partial charge < -0.3 is 19.7 Å². The Balaban J connectivity index is 1.92. The van der Waals surface area contributed by atoms with E-state index in [2.05, 4.69) is 4.98 Å². The van der Waals surface area contributed by atoms with Crippen LogP contribution in [0.15, 0.2) is 11.0 Å². The average molecular weight is 565 g/mol. The molecule has 2 aliphatic rings. The number of hydrogen-bond acceptors (Lipinski definition) is 9. The number of ether oxygens (including phenoxy) is 2. The first-order valence-electron chi connectivity index (χ1n) is 13.9. The number of Topliss-reactive ketones (excluding diaryl/α,β-unsaturated/α-hetero) is 1. The Labute approximate surface area is 235 Å². The molecule has 1 aromatic heterocycles. The number of aliphatic hydroxyl groups excluding tert-OH is 2. The number of ketones is 1. The maximum absolute atomic E-state index is 13.3. The first-order valence-corrected chi connectivity index (χ1v) is 14.8. The summed E-state index contributed by atoms with van der Waals surface area (Å²) in [6.45, 7) is 12.6. The van der Waals surface area contributed by atoms with Crippen LogP contribution in [0.25, 0.3) is 6.08 Å². The molecule has 0 aromatic carbocycles. The molecule has 0 spiro atoms. The smallest absolute Gasteiger partial charge is 0.410 e. The summed E-state index contributed by atoms with van der Waals surface area (Å²) in [5.41, 5.74) is 0.289. The Bertz CT molecular complexity index is 1070. The summed E-state index contributed by atoms with van der Waals surface area (Å²) in [4.78, 5) is 45.3. The summed E-state index contributed by atoms with van der Waals surface area (Å²) in [7, 11) is 0. The second-order valence-corrected chi connectivity index (χ2v) is 12.7. The highest BCUT2D eigenvalue weighted by molar-refractivity contribution is 7.09. The third-order valence-electron chi connectivity index (χ3n) is 8.29. The van der Waals surface area contributed by atoms with E-state index in [0.29, 0.717) is 19.3 Å². The minimum Gasteiger partial charge on any atom is -0.458 e. The fourth-order valence-corrected chi connectivity index (χ4v) is 6.13. The van der Waals surface area contributed by atoms with Gasteiger partial charge in [0.1, 0.15) is 11.9 Å². The third-order valence-corrected chi connectivity index (χ3v) is 9.09. The van der Waals surface area contributed by atoms with Gasteiger partial charge in [-0.1, -0.05) is 34.1 Å². The van der Waals surface area contributed by atoms with Crippen molar-refractivity contribution in [2.45, 2.75) is 111 Å². The number of esters is 1. The van der Waals surface area contributed by atoms with Crippen LogP contribution in [0, 0.1) is 24.2 Å². The zero-order valence-corrected chi connectivity index (χ0v) is 25.0. The predicted octanol–water partition coefficient (Wildman–Crippen LogP) is 4.53. The molecule has 3 heterocycles. The van der Waals surface area contributed by atoms with Crippen LogP contribution in [0.5, 0.6) is 0 Å². The lowest BCUT2D eigenvalue weighted by atomic mass is 9.73. The molecule has 10 heteroatoms. The van der Waals surface area contributed by atoms with Crippen LogP contribution in [0.4, 0.5) is 4.79 Å². The molecule has 1 amide bonds. The maximum atomic E-state index is 13.3. The highest BCUT2D eigenvalue weighted by Crippen LogP contribution is 2.40. The van der Waals surface area contributed by atoms with Gasteiger partial charge in [-0.15, -0.1) is 11.3 Å². The number of carbonyl (C=O) groups is 3. The zero-order chi connectivity index (χ0) is 29.1. The molecule has 2 fully saturated rings. The number of cyclic esters (lactones) is 1. The van der Waals surface area contributed by atoms with Crippen molar-refractivity contribution in [1.82, 2.24) is 9.88 Å². The van der Waals surface area contributed by atoms with Crippen molar-refractivity contribution in [2.24, 2.45) is 17.3 Å². The highest BCUT2D eigenvalue weighted by Gasteiger charge is 2.52. The predicted molar refractivity (Wildman–Crippen MR) is 149 cm³/mol. The van der Waals surface area contributed by atoms with Crippen molar-refractivity contribution in [3.63, 3.8) is 0 Å². The summed E-state index contributed by atoms with van der Waals surface area (Å²) >= 11 is 1.52. The molecule has 39 heavy (non-hydrogen) atoms. The molecule has 0 saturated carbocycles. The van der Waals surface area contributed by atoms with Gasteiger partial charge in [-0.05, 0) is 51.2 Å². The molecule has 9 nitrogen and oxygen atoms in total.